The van der Waals surface area contributed by atoms with Gasteiger partial charge in [-0.1, -0.05) is 48.1 Å². The van der Waals surface area contributed by atoms with E-state index in [1.54, 1.807) is 6.92 Å². The molecule has 0 saturated heterocycles. The van der Waals surface area contributed by atoms with Gasteiger partial charge in [0.2, 0.25) is 0 Å². The summed E-state index contributed by atoms with van der Waals surface area (Å²) in [5.74, 6) is 2.21. The Kier molecular flexibility index (Phi) is 5.61. The summed E-state index contributed by atoms with van der Waals surface area (Å²) in [6.45, 7) is 23.3. The molecule has 0 bridgehead atoms. The highest BCUT2D eigenvalue weighted by Gasteiger charge is 2.70. The minimum Gasteiger partial charge on any atom is -0.462 e. The monoisotopic (exact) mass is 484 g/mol. The lowest BCUT2D eigenvalue weighted by molar-refractivity contribution is -0.250. The number of aliphatic hydroxyl groups is 1. The zero-order valence-corrected chi connectivity index (χ0v) is 23.9. The van der Waals surface area contributed by atoms with Gasteiger partial charge in [0.05, 0.1) is 5.60 Å². The first kappa shape index (κ1) is 25.8. The maximum Gasteiger partial charge on any atom is 0.302 e. The van der Waals surface area contributed by atoms with Crippen LogP contribution in [-0.4, -0.2) is 22.8 Å². The molecule has 1 N–H and O–H groups in total. The third-order valence-corrected chi connectivity index (χ3v) is 13.8. The highest BCUT2D eigenvalue weighted by molar-refractivity contribution is 5.66. The van der Waals surface area contributed by atoms with Crippen molar-refractivity contribution in [2.45, 2.75) is 131 Å². The first-order valence-corrected chi connectivity index (χ1v) is 14.6. The van der Waals surface area contributed by atoms with Gasteiger partial charge >= 0.3 is 5.97 Å². The van der Waals surface area contributed by atoms with Crippen LogP contribution in [-0.2, 0) is 9.53 Å². The number of rotatable bonds is 1. The van der Waals surface area contributed by atoms with Gasteiger partial charge in [-0.2, -0.15) is 0 Å². The quantitative estimate of drug-likeness (QED) is 0.306. The van der Waals surface area contributed by atoms with Crippen molar-refractivity contribution < 1.29 is 14.6 Å². The van der Waals surface area contributed by atoms with Crippen molar-refractivity contribution in [3.8, 4) is 0 Å². The molecule has 0 radical (unpaired) electrons. The van der Waals surface area contributed by atoms with Gasteiger partial charge in [-0.05, 0) is 122 Å². The first-order valence-electron chi connectivity index (χ1n) is 14.6. The zero-order chi connectivity index (χ0) is 25.8. The smallest absolute Gasteiger partial charge is 0.302 e. The van der Waals surface area contributed by atoms with E-state index in [9.17, 15) is 9.90 Å². The van der Waals surface area contributed by atoms with Crippen molar-refractivity contribution in [1.82, 2.24) is 0 Å². The topological polar surface area (TPSA) is 46.5 Å². The molecule has 0 aromatic carbocycles. The molecule has 35 heavy (non-hydrogen) atoms. The third kappa shape index (κ3) is 3.28. The van der Waals surface area contributed by atoms with E-state index in [1.807, 2.05) is 6.92 Å². The van der Waals surface area contributed by atoms with E-state index in [0.717, 1.165) is 24.8 Å². The lowest BCUT2D eigenvalue weighted by atomic mass is 9.31. The Bertz CT molecular complexity index is 918. The molecular weight excluding hydrogens is 432 g/mol. The maximum atomic E-state index is 11.9. The van der Waals surface area contributed by atoms with Crippen molar-refractivity contribution in [2.75, 3.05) is 0 Å². The number of hydrogen-bond donors (Lipinski definition) is 1. The van der Waals surface area contributed by atoms with E-state index >= 15 is 0 Å². The highest BCUT2D eigenvalue weighted by atomic mass is 16.5. The summed E-state index contributed by atoms with van der Waals surface area (Å²) < 4.78 is 5.90. The van der Waals surface area contributed by atoms with Crippen LogP contribution in [0.4, 0.5) is 0 Å². The molecule has 0 spiro atoms. The van der Waals surface area contributed by atoms with Crippen molar-refractivity contribution in [2.24, 2.45) is 50.7 Å². The van der Waals surface area contributed by atoms with Gasteiger partial charge < -0.3 is 9.84 Å². The Morgan fingerprint density at radius 2 is 1.49 bits per heavy atom. The van der Waals surface area contributed by atoms with E-state index in [2.05, 4.69) is 48.1 Å². The van der Waals surface area contributed by atoms with Crippen LogP contribution in [0.25, 0.3) is 0 Å². The minimum atomic E-state index is -0.719. The van der Waals surface area contributed by atoms with Crippen LogP contribution in [0, 0.1) is 50.7 Å². The molecule has 198 valence electrons. The largest absolute Gasteiger partial charge is 0.462 e. The molecule has 0 heterocycles. The number of fused-ring (bicyclic) bond motifs is 7. The second-order valence-corrected chi connectivity index (χ2v) is 15.6. The van der Waals surface area contributed by atoms with E-state index in [1.165, 1.54) is 44.9 Å². The summed E-state index contributed by atoms with van der Waals surface area (Å²) in [6.07, 6.45) is 11.8. The molecule has 0 aromatic heterocycles. The number of hydrogen-bond acceptors (Lipinski definition) is 3. The zero-order valence-electron chi connectivity index (χ0n) is 23.9. The summed E-state index contributed by atoms with van der Waals surface area (Å²) in [5.41, 5.74) is 1.58. The molecule has 3 nitrogen and oxygen atoms in total. The van der Waals surface area contributed by atoms with Crippen LogP contribution in [0.15, 0.2) is 12.2 Å². The fourth-order valence-electron chi connectivity index (χ4n) is 11.5. The Hall–Kier alpha value is -0.830. The van der Waals surface area contributed by atoms with Gasteiger partial charge in [0, 0.05) is 12.3 Å². The maximum absolute atomic E-state index is 11.9. The molecule has 0 unspecified atom stereocenters. The Morgan fingerprint density at radius 3 is 2.14 bits per heavy atom. The van der Waals surface area contributed by atoms with Crippen molar-refractivity contribution >= 4 is 5.97 Å². The van der Waals surface area contributed by atoms with E-state index in [0.29, 0.717) is 29.1 Å². The van der Waals surface area contributed by atoms with Gasteiger partial charge in [-0.15, -0.1) is 0 Å². The van der Waals surface area contributed by atoms with E-state index in [-0.39, 0.29) is 33.7 Å². The molecule has 5 fully saturated rings. The summed E-state index contributed by atoms with van der Waals surface area (Å²) in [7, 11) is 0. The SMILES string of the molecule is C=C1[C@@H]2[C@H]3CC[C@@H]4[C@@]5(C)CC[C@H](OC(C)=O)C(C)(C)[C@@H]5CC[C@@]4(C)[C@]3(C)CC[C@@]2(C)CC[C@@]1(C)O. The second-order valence-electron chi connectivity index (χ2n) is 15.6. The molecule has 0 aromatic rings. The average Bonchev–Trinajstić information content (AvgIpc) is 2.74. The lowest BCUT2D eigenvalue weighted by Crippen LogP contribution is -2.67. The summed E-state index contributed by atoms with van der Waals surface area (Å²) >= 11 is 0. The molecule has 0 amide bonds. The summed E-state index contributed by atoms with van der Waals surface area (Å²) in [5, 5.41) is 11.3. The Labute approximate surface area is 214 Å². The average molecular weight is 485 g/mol. The molecule has 10 atom stereocenters. The standard InChI is InChI=1S/C32H52O3/c1-20-26-22-10-11-24-29(6)14-13-25(35-21(2)33)27(3,4)23(29)12-15-31(24,8)30(22,7)18-16-28(26,5)17-19-32(20,9)34/h22-26,34H,1,10-19H2,2-9H3/t22-,23+,24-,25+,26-,28+,29+,30-,31-,32-/m1/s1. The van der Waals surface area contributed by atoms with Crippen molar-refractivity contribution in [1.29, 1.82) is 0 Å². The highest BCUT2D eigenvalue weighted by Crippen LogP contribution is 2.77. The normalized spacial score (nSPS) is 55.1. The van der Waals surface area contributed by atoms with Gasteiger partial charge in [0.1, 0.15) is 6.10 Å². The van der Waals surface area contributed by atoms with Crippen LogP contribution in [0.1, 0.15) is 120 Å². The van der Waals surface area contributed by atoms with E-state index in [4.69, 9.17) is 4.74 Å². The minimum absolute atomic E-state index is 0.0131. The number of carbonyl (C=O) groups excluding carboxylic acids is 1. The predicted molar refractivity (Wildman–Crippen MR) is 142 cm³/mol. The Balaban J connectivity index is 1.51. The number of carbonyl (C=O) groups is 1. The number of esters is 1. The summed E-state index contributed by atoms with van der Waals surface area (Å²) in [6, 6.07) is 0. The van der Waals surface area contributed by atoms with Crippen LogP contribution >= 0.6 is 0 Å². The molecule has 3 heteroatoms. The number of ether oxygens (including phenoxy) is 1. The van der Waals surface area contributed by atoms with Crippen LogP contribution < -0.4 is 0 Å². The first-order chi connectivity index (χ1) is 16.0. The second kappa shape index (κ2) is 7.61. The van der Waals surface area contributed by atoms with Gasteiger partial charge in [0.25, 0.3) is 0 Å². The molecular formula is C32H52O3. The van der Waals surface area contributed by atoms with Crippen LogP contribution in [0.3, 0.4) is 0 Å². The van der Waals surface area contributed by atoms with Gasteiger partial charge in [-0.25, -0.2) is 0 Å². The fraction of sp³-hybridized carbons (Fsp3) is 0.906. The van der Waals surface area contributed by atoms with Gasteiger partial charge in [0.15, 0.2) is 0 Å². The Morgan fingerprint density at radius 1 is 0.829 bits per heavy atom. The predicted octanol–water partition coefficient (Wildman–Crippen LogP) is 7.71. The molecule has 0 aliphatic heterocycles. The van der Waals surface area contributed by atoms with Crippen molar-refractivity contribution in [3.63, 3.8) is 0 Å². The third-order valence-electron chi connectivity index (χ3n) is 13.8. The lowest BCUT2D eigenvalue weighted by Gasteiger charge is -2.73. The van der Waals surface area contributed by atoms with Crippen LogP contribution in [0.2, 0.25) is 0 Å². The van der Waals surface area contributed by atoms with Gasteiger partial charge in [-0.3, -0.25) is 4.79 Å². The molecule has 5 rings (SSSR count). The molecule has 5 aliphatic carbocycles. The molecule has 5 aliphatic rings. The van der Waals surface area contributed by atoms with Crippen molar-refractivity contribution in [3.05, 3.63) is 12.2 Å². The fourth-order valence-corrected chi connectivity index (χ4v) is 11.5. The van der Waals surface area contributed by atoms with Crippen LogP contribution in [0.5, 0.6) is 0 Å². The summed E-state index contributed by atoms with van der Waals surface area (Å²) in [4.78, 5) is 11.9. The van der Waals surface area contributed by atoms with E-state index < -0.39 is 5.60 Å². The molecule has 5 saturated carbocycles.